The minimum Gasteiger partial charge on any atom is -0.340 e. The number of likely N-dealkylation sites (N-methyl/N-ethyl adjacent to an activating group) is 1. The van der Waals surface area contributed by atoms with Gasteiger partial charge in [-0.15, -0.1) is 0 Å². The van der Waals surface area contributed by atoms with Crippen LogP contribution in [0.3, 0.4) is 0 Å². The zero-order chi connectivity index (χ0) is 22.6. The first-order chi connectivity index (χ1) is 14.7. The second kappa shape index (κ2) is 9.35. The number of anilines is 1. The third kappa shape index (κ3) is 5.33. The number of nitrogens with zero attached hydrogens (tertiary/aromatic N) is 2. The van der Waals surface area contributed by atoms with Crippen LogP contribution < -0.4 is 4.31 Å². The number of carbonyl (C=O) groups is 1. The van der Waals surface area contributed by atoms with Crippen LogP contribution in [0.25, 0.3) is 0 Å². The van der Waals surface area contributed by atoms with Crippen molar-refractivity contribution < 1.29 is 13.2 Å². The van der Waals surface area contributed by atoms with Crippen LogP contribution in [0.5, 0.6) is 0 Å². The molecule has 3 rings (SSSR count). The van der Waals surface area contributed by atoms with Crippen LogP contribution in [0, 0.1) is 20.8 Å². The fourth-order valence-electron chi connectivity index (χ4n) is 3.28. The molecule has 5 nitrogen and oxygen atoms in total. The minimum atomic E-state index is -3.91. The zero-order valence-electron chi connectivity index (χ0n) is 18.4. The largest absolute Gasteiger partial charge is 0.340 e. The van der Waals surface area contributed by atoms with Crippen molar-refractivity contribution in [1.82, 2.24) is 4.90 Å². The molecule has 31 heavy (non-hydrogen) atoms. The molecule has 0 aliphatic carbocycles. The number of rotatable bonds is 7. The van der Waals surface area contributed by atoms with Gasteiger partial charge in [0, 0.05) is 13.6 Å². The van der Waals surface area contributed by atoms with E-state index in [9.17, 15) is 13.2 Å². The van der Waals surface area contributed by atoms with Crippen LogP contribution in [-0.2, 0) is 21.4 Å². The quantitative estimate of drug-likeness (QED) is 0.549. The maximum absolute atomic E-state index is 13.5. The van der Waals surface area contributed by atoms with Crippen LogP contribution in [0.2, 0.25) is 0 Å². The third-order valence-electron chi connectivity index (χ3n) is 5.24. The van der Waals surface area contributed by atoms with Crippen LogP contribution in [0.4, 0.5) is 5.69 Å². The topological polar surface area (TPSA) is 57.7 Å². The molecule has 0 aliphatic rings. The predicted octanol–water partition coefficient (Wildman–Crippen LogP) is 4.47. The fourth-order valence-corrected chi connectivity index (χ4v) is 4.76. The van der Waals surface area contributed by atoms with E-state index in [0.717, 1.165) is 22.3 Å². The minimum absolute atomic E-state index is 0.162. The number of hydrogen-bond donors (Lipinski definition) is 0. The molecule has 0 saturated heterocycles. The lowest BCUT2D eigenvalue weighted by molar-refractivity contribution is -0.128. The summed E-state index contributed by atoms with van der Waals surface area (Å²) < 4.78 is 28.2. The number of benzene rings is 3. The Morgan fingerprint density at radius 2 is 1.35 bits per heavy atom. The number of para-hydroxylation sites is 1. The Labute approximate surface area is 185 Å². The van der Waals surface area contributed by atoms with Crippen LogP contribution in [0.1, 0.15) is 22.3 Å². The molecule has 6 heteroatoms. The summed E-state index contributed by atoms with van der Waals surface area (Å²) in [6.45, 7) is 5.88. The van der Waals surface area contributed by atoms with Crippen molar-refractivity contribution in [1.29, 1.82) is 0 Å². The molecule has 0 radical (unpaired) electrons. The van der Waals surface area contributed by atoms with Gasteiger partial charge in [-0.2, -0.15) is 0 Å². The monoisotopic (exact) mass is 436 g/mol. The normalized spacial score (nSPS) is 11.2. The first-order valence-corrected chi connectivity index (χ1v) is 11.6. The average molecular weight is 437 g/mol. The average Bonchev–Trinajstić information content (AvgIpc) is 2.74. The molecule has 0 unspecified atom stereocenters. The van der Waals surface area contributed by atoms with E-state index in [1.165, 1.54) is 4.31 Å². The van der Waals surface area contributed by atoms with Crippen molar-refractivity contribution in [2.45, 2.75) is 32.2 Å². The summed E-state index contributed by atoms with van der Waals surface area (Å²) in [5.74, 6) is -0.278. The molecule has 0 fully saturated rings. The first-order valence-electron chi connectivity index (χ1n) is 10.1. The highest BCUT2D eigenvalue weighted by atomic mass is 32.2. The SMILES string of the molecule is Cc1ccc(CN(C)C(=O)CN(c2ccccc2C)S(=O)(=O)c2ccc(C)cc2)cc1. The lowest BCUT2D eigenvalue weighted by atomic mass is 10.1. The van der Waals surface area contributed by atoms with Crippen molar-refractivity contribution in [3.8, 4) is 0 Å². The van der Waals surface area contributed by atoms with E-state index in [-0.39, 0.29) is 17.3 Å². The Bertz CT molecular complexity index is 1150. The summed E-state index contributed by atoms with van der Waals surface area (Å²) in [5.41, 5.74) is 4.39. The van der Waals surface area contributed by atoms with Crippen molar-refractivity contribution >= 4 is 21.6 Å². The summed E-state index contributed by atoms with van der Waals surface area (Å²) in [4.78, 5) is 14.8. The second-order valence-electron chi connectivity index (χ2n) is 7.85. The lowest BCUT2D eigenvalue weighted by Crippen LogP contribution is -2.41. The molecular formula is C25H28N2O3S. The highest BCUT2D eigenvalue weighted by Crippen LogP contribution is 2.27. The summed E-state index contributed by atoms with van der Waals surface area (Å²) >= 11 is 0. The second-order valence-corrected chi connectivity index (χ2v) is 9.71. The molecule has 0 N–H and O–H groups in total. The van der Waals surface area contributed by atoms with Gasteiger partial charge in [-0.05, 0) is 50.1 Å². The van der Waals surface area contributed by atoms with E-state index in [1.54, 1.807) is 48.3 Å². The Balaban J connectivity index is 1.91. The number of sulfonamides is 1. The maximum atomic E-state index is 13.5. The van der Waals surface area contributed by atoms with Gasteiger partial charge in [-0.25, -0.2) is 8.42 Å². The van der Waals surface area contributed by atoms with Gasteiger partial charge >= 0.3 is 0 Å². The molecule has 3 aromatic rings. The summed E-state index contributed by atoms with van der Waals surface area (Å²) in [5, 5.41) is 0. The fraction of sp³-hybridized carbons (Fsp3) is 0.240. The molecule has 3 aromatic carbocycles. The smallest absolute Gasteiger partial charge is 0.264 e. The highest BCUT2D eigenvalue weighted by molar-refractivity contribution is 7.92. The molecular weight excluding hydrogens is 408 g/mol. The van der Waals surface area contributed by atoms with Crippen molar-refractivity contribution in [2.24, 2.45) is 0 Å². The van der Waals surface area contributed by atoms with Crippen LogP contribution in [-0.4, -0.2) is 32.8 Å². The molecule has 162 valence electrons. The van der Waals surface area contributed by atoms with Gasteiger partial charge in [-0.3, -0.25) is 9.10 Å². The van der Waals surface area contributed by atoms with E-state index < -0.39 is 10.0 Å². The molecule has 0 aliphatic heterocycles. The van der Waals surface area contributed by atoms with Gasteiger partial charge in [0.05, 0.1) is 10.6 Å². The van der Waals surface area contributed by atoms with Crippen molar-refractivity contribution in [3.63, 3.8) is 0 Å². The third-order valence-corrected chi connectivity index (χ3v) is 7.01. The number of amides is 1. The summed E-state index contributed by atoms with van der Waals surface area (Å²) in [6, 6.07) is 21.8. The Morgan fingerprint density at radius 1 is 0.806 bits per heavy atom. The highest BCUT2D eigenvalue weighted by Gasteiger charge is 2.29. The first kappa shape index (κ1) is 22.6. The van der Waals surface area contributed by atoms with Gasteiger partial charge in [0.1, 0.15) is 6.54 Å². The van der Waals surface area contributed by atoms with Gasteiger partial charge in [0.2, 0.25) is 5.91 Å². The number of carbonyl (C=O) groups excluding carboxylic acids is 1. The van der Waals surface area contributed by atoms with E-state index >= 15 is 0 Å². The van der Waals surface area contributed by atoms with Gasteiger partial charge in [-0.1, -0.05) is 65.7 Å². The van der Waals surface area contributed by atoms with Crippen LogP contribution in [0.15, 0.2) is 77.7 Å². The molecule has 0 bridgehead atoms. The van der Waals surface area contributed by atoms with E-state index in [1.807, 2.05) is 57.2 Å². The predicted molar refractivity (Wildman–Crippen MR) is 125 cm³/mol. The number of aryl methyl sites for hydroxylation is 3. The van der Waals surface area contributed by atoms with E-state index in [2.05, 4.69) is 0 Å². The van der Waals surface area contributed by atoms with Crippen molar-refractivity contribution in [2.75, 3.05) is 17.9 Å². The maximum Gasteiger partial charge on any atom is 0.264 e. The molecule has 0 spiro atoms. The summed E-state index contributed by atoms with van der Waals surface area (Å²) in [7, 11) is -2.22. The molecule has 1 amide bonds. The summed E-state index contributed by atoms with van der Waals surface area (Å²) in [6.07, 6.45) is 0. The molecule has 0 saturated carbocycles. The van der Waals surface area contributed by atoms with Gasteiger partial charge in [0.15, 0.2) is 0 Å². The van der Waals surface area contributed by atoms with Gasteiger partial charge in [0.25, 0.3) is 10.0 Å². The molecule has 0 aromatic heterocycles. The number of hydrogen-bond acceptors (Lipinski definition) is 3. The molecule has 0 atom stereocenters. The zero-order valence-corrected chi connectivity index (χ0v) is 19.2. The Kier molecular flexibility index (Phi) is 6.81. The Morgan fingerprint density at radius 3 is 1.94 bits per heavy atom. The Hall–Kier alpha value is -3.12. The van der Waals surface area contributed by atoms with Crippen molar-refractivity contribution in [3.05, 3.63) is 95.1 Å². The molecule has 0 heterocycles. The van der Waals surface area contributed by atoms with Crippen LogP contribution >= 0.6 is 0 Å². The van der Waals surface area contributed by atoms with Gasteiger partial charge < -0.3 is 4.90 Å². The van der Waals surface area contributed by atoms with E-state index in [4.69, 9.17) is 0 Å². The van der Waals surface area contributed by atoms with E-state index in [0.29, 0.717) is 12.2 Å². The standard InChI is InChI=1S/C25H28N2O3S/c1-19-9-13-22(14-10-19)17-26(4)25(28)18-27(24-8-6-5-7-21(24)3)31(29,30)23-15-11-20(2)12-16-23/h5-16H,17-18H2,1-4H3. The lowest BCUT2D eigenvalue weighted by Gasteiger charge is -2.28.